The van der Waals surface area contributed by atoms with Crippen molar-refractivity contribution in [2.45, 2.75) is 26.1 Å². The lowest BCUT2D eigenvalue weighted by Crippen LogP contribution is -1.97. The Hall–Kier alpha value is -1.87. The zero-order valence-corrected chi connectivity index (χ0v) is 10.8. The van der Waals surface area contributed by atoms with E-state index >= 15 is 0 Å². The molecule has 0 radical (unpaired) electrons. The fourth-order valence-electron chi connectivity index (χ4n) is 1.77. The zero-order chi connectivity index (χ0) is 13.7. The highest BCUT2D eigenvalue weighted by molar-refractivity contribution is 5.29. The van der Waals surface area contributed by atoms with Gasteiger partial charge in [0.1, 0.15) is 18.2 Å². The molecule has 1 N–H and O–H groups in total. The number of ether oxygens (including phenoxy) is 1. The normalized spacial score (nSPS) is 12.2. The second-order valence-electron chi connectivity index (χ2n) is 4.41. The Labute approximate surface area is 112 Å². The van der Waals surface area contributed by atoms with Crippen molar-refractivity contribution in [1.29, 1.82) is 0 Å². The SMILES string of the molecule is CCC(O)c1ccc(OCc2ccc(F)cc2)cc1. The van der Waals surface area contributed by atoms with Crippen LogP contribution in [0.4, 0.5) is 4.39 Å². The molecule has 2 rings (SSSR count). The molecular weight excluding hydrogens is 243 g/mol. The van der Waals surface area contributed by atoms with E-state index in [0.29, 0.717) is 13.0 Å². The molecule has 0 saturated carbocycles. The summed E-state index contributed by atoms with van der Waals surface area (Å²) in [6, 6.07) is 13.6. The number of rotatable bonds is 5. The van der Waals surface area contributed by atoms with Crippen LogP contribution in [-0.4, -0.2) is 5.11 Å². The fourth-order valence-corrected chi connectivity index (χ4v) is 1.77. The van der Waals surface area contributed by atoms with Gasteiger partial charge < -0.3 is 9.84 Å². The summed E-state index contributed by atoms with van der Waals surface area (Å²) in [7, 11) is 0. The van der Waals surface area contributed by atoms with Gasteiger partial charge >= 0.3 is 0 Å². The van der Waals surface area contributed by atoms with Gasteiger partial charge in [-0.1, -0.05) is 31.2 Å². The Balaban J connectivity index is 1.94. The van der Waals surface area contributed by atoms with Crippen molar-refractivity contribution in [3.8, 4) is 5.75 Å². The van der Waals surface area contributed by atoms with Crippen LogP contribution in [0.3, 0.4) is 0 Å². The largest absolute Gasteiger partial charge is 0.489 e. The Morgan fingerprint density at radius 2 is 1.68 bits per heavy atom. The minimum absolute atomic E-state index is 0.248. The summed E-state index contributed by atoms with van der Waals surface area (Å²) in [4.78, 5) is 0. The molecule has 0 saturated heterocycles. The van der Waals surface area contributed by atoms with E-state index in [1.807, 2.05) is 31.2 Å². The topological polar surface area (TPSA) is 29.5 Å². The maximum absolute atomic E-state index is 12.7. The lowest BCUT2D eigenvalue weighted by Gasteiger charge is -2.10. The van der Waals surface area contributed by atoms with Crippen LogP contribution in [0.25, 0.3) is 0 Å². The molecular formula is C16H17FO2. The van der Waals surface area contributed by atoms with Crippen LogP contribution in [0, 0.1) is 5.82 Å². The van der Waals surface area contributed by atoms with Crippen molar-refractivity contribution < 1.29 is 14.2 Å². The Bertz CT molecular complexity index is 505. The Kier molecular flexibility index (Phi) is 4.53. The van der Waals surface area contributed by atoms with Gasteiger partial charge in [0.25, 0.3) is 0 Å². The minimum Gasteiger partial charge on any atom is -0.489 e. The number of aliphatic hydroxyl groups excluding tert-OH is 1. The molecule has 1 unspecified atom stereocenters. The first-order valence-electron chi connectivity index (χ1n) is 6.34. The molecule has 19 heavy (non-hydrogen) atoms. The molecule has 2 nitrogen and oxygen atoms in total. The van der Waals surface area contributed by atoms with Crippen LogP contribution in [0.2, 0.25) is 0 Å². The number of halogens is 1. The van der Waals surface area contributed by atoms with E-state index in [0.717, 1.165) is 16.9 Å². The number of benzene rings is 2. The molecule has 0 amide bonds. The first kappa shape index (κ1) is 13.6. The Morgan fingerprint density at radius 1 is 1.05 bits per heavy atom. The first-order chi connectivity index (χ1) is 9.19. The van der Waals surface area contributed by atoms with Crippen LogP contribution in [0.1, 0.15) is 30.6 Å². The maximum Gasteiger partial charge on any atom is 0.123 e. The molecule has 0 aliphatic heterocycles. The van der Waals surface area contributed by atoms with E-state index < -0.39 is 6.10 Å². The number of hydrogen-bond acceptors (Lipinski definition) is 2. The van der Waals surface area contributed by atoms with Gasteiger partial charge in [0.2, 0.25) is 0 Å². The Morgan fingerprint density at radius 3 is 2.26 bits per heavy atom. The third kappa shape index (κ3) is 3.80. The highest BCUT2D eigenvalue weighted by Gasteiger charge is 2.04. The molecule has 2 aromatic rings. The number of hydrogen-bond donors (Lipinski definition) is 1. The first-order valence-corrected chi connectivity index (χ1v) is 6.34. The summed E-state index contributed by atoms with van der Waals surface area (Å²) in [6.07, 6.45) is 0.265. The van der Waals surface area contributed by atoms with Crippen LogP contribution >= 0.6 is 0 Å². The van der Waals surface area contributed by atoms with Gasteiger partial charge in [0.15, 0.2) is 0 Å². The van der Waals surface area contributed by atoms with Gasteiger partial charge in [0.05, 0.1) is 6.10 Å². The van der Waals surface area contributed by atoms with Gasteiger partial charge in [-0.2, -0.15) is 0 Å². The molecule has 100 valence electrons. The summed E-state index contributed by atoms with van der Waals surface area (Å²) in [5.41, 5.74) is 1.80. The van der Waals surface area contributed by atoms with E-state index in [4.69, 9.17) is 4.74 Å². The fraction of sp³-hybridized carbons (Fsp3) is 0.250. The van der Waals surface area contributed by atoms with Crippen molar-refractivity contribution in [3.05, 3.63) is 65.5 Å². The van der Waals surface area contributed by atoms with Crippen LogP contribution < -0.4 is 4.74 Å². The third-order valence-corrected chi connectivity index (χ3v) is 2.97. The predicted octanol–water partition coefficient (Wildman–Crippen LogP) is 3.85. The van der Waals surface area contributed by atoms with E-state index in [9.17, 15) is 9.50 Å². The molecule has 0 aliphatic rings. The highest BCUT2D eigenvalue weighted by Crippen LogP contribution is 2.20. The third-order valence-electron chi connectivity index (χ3n) is 2.97. The minimum atomic E-state index is -0.425. The highest BCUT2D eigenvalue weighted by atomic mass is 19.1. The lowest BCUT2D eigenvalue weighted by atomic mass is 10.1. The molecule has 0 bridgehead atoms. The monoisotopic (exact) mass is 260 g/mol. The summed E-state index contributed by atoms with van der Waals surface area (Å²) in [5.74, 6) is 0.484. The number of aliphatic hydroxyl groups is 1. The van der Waals surface area contributed by atoms with Gasteiger partial charge in [-0.3, -0.25) is 0 Å². The maximum atomic E-state index is 12.7. The van der Waals surface area contributed by atoms with Gasteiger partial charge in [-0.15, -0.1) is 0 Å². The molecule has 1 atom stereocenters. The van der Waals surface area contributed by atoms with Gasteiger partial charge in [0, 0.05) is 0 Å². The van der Waals surface area contributed by atoms with Crippen LogP contribution in [0.5, 0.6) is 5.75 Å². The van der Waals surface area contributed by atoms with E-state index in [-0.39, 0.29) is 5.82 Å². The average Bonchev–Trinajstić information content (AvgIpc) is 2.46. The van der Waals surface area contributed by atoms with E-state index in [2.05, 4.69) is 0 Å². The van der Waals surface area contributed by atoms with Gasteiger partial charge in [-0.25, -0.2) is 4.39 Å². The standard InChI is InChI=1S/C16H17FO2/c1-2-16(18)13-5-9-15(10-6-13)19-11-12-3-7-14(17)8-4-12/h3-10,16,18H,2,11H2,1H3. The molecule has 0 fully saturated rings. The predicted molar refractivity (Wildman–Crippen MR) is 72.4 cm³/mol. The van der Waals surface area contributed by atoms with E-state index in [1.54, 1.807) is 12.1 Å². The molecule has 2 aromatic carbocycles. The second-order valence-corrected chi connectivity index (χ2v) is 4.41. The quantitative estimate of drug-likeness (QED) is 0.884. The molecule has 0 spiro atoms. The molecule has 3 heteroatoms. The van der Waals surface area contributed by atoms with Crippen LogP contribution in [0.15, 0.2) is 48.5 Å². The van der Waals surface area contributed by atoms with Crippen molar-refractivity contribution in [3.63, 3.8) is 0 Å². The average molecular weight is 260 g/mol. The lowest BCUT2D eigenvalue weighted by molar-refractivity contribution is 0.173. The van der Waals surface area contributed by atoms with Crippen molar-refractivity contribution >= 4 is 0 Å². The second kappa shape index (κ2) is 6.34. The summed E-state index contributed by atoms with van der Waals surface area (Å²) in [6.45, 7) is 2.33. The van der Waals surface area contributed by atoms with Gasteiger partial charge in [-0.05, 0) is 41.8 Å². The molecule has 0 aliphatic carbocycles. The van der Waals surface area contributed by atoms with Crippen molar-refractivity contribution in [2.24, 2.45) is 0 Å². The molecule has 0 aromatic heterocycles. The van der Waals surface area contributed by atoms with Crippen molar-refractivity contribution in [1.82, 2.24) is 0 Å². The summed E-state index contributed by atoms with van der Waals surface area (Å²) >= 11 is 0. The molecule has 0 heterocycles. The van der Waals surface area contributed by atoms with Crippen LogP contribution in [-0.2, 0) is 6.61 Å². The summed E-state index contributed by atoms with van der Waals surface area (Å²) in [5, 5.41) is 9.68. The van der Waals surface area contributed by atoms with Crippen molar-refractivity contribution in [2.75, 3.05) is 0 Å². The summed E-state index contributed by atoms with van der Waals surface area (Å²) < 4.78 is 18.3. The smallest absolute Gasteiger partial charge is 0.123 e. The van der Waals surface area contributed by atoms with E-state index in [1.165, 1.54) is 12.1 Å². The zero-order valence-electron chi connectivity index (χ0n) is 10.8.